The van der Waals surface area contributed by atoms with Gasteiger partial charge in [0.25, 0.3) is 5.91 Å². The Balaban J connectivity index is 1.48. The maximum absolute atomic E-state index is 12.8. The van der Waals surface area contributed by atoms with Crippen molar-refractivity contribution in [2.45, 2.75) is 25.3 Å². The number of carboxylic acid groups (broad SMARTS) is 1. The van der Waals surface area contributed by atoms with Crippen LogP contribution in [0.15, 0.2) is 53.2 Å². The molecule has 0 saturated carbocycles. The number of para-hydroxylation sites is 1. The van der Waals surface area contributed by atoms with Crippen molar-refractivity contribution in [3.63, 3.8) is 0 Å². The molecule has 3 aromatic rings. The van der Waals surface area contributed by atoms with Crippen molar-refractivity contribution in [3.8, 4) is 23.0 Å². The number of likely N-dealkylation sites (tertiary alicyclic amines) is 1. The van der Waals surface area contributed by atoms with Gasteiger partial charge in [-0.2, -0.15) is 4.98 Å². The number of aromatic nitrogens is 3. The van der Waals surface area contributed by atoms with E-state index < -0.39 is 6.16 Å². The Morgan fingerprint density at radius 1 is 1.19 bits per heavy atom. The smallest absolute Gasteiger partial charge is 0.484 e. The lowest BCUT2D eigenvalue weighted by atomic mass is 10.0. The van der Waals surface area contributed by atoms with E-state index in [1.54, 1.807) is 23.1 Å². The molecule has 1 aliphatic rings. The first-order valence-corrected chi connectivity index (χ1v) is 9.78. The maximum Gasteiger partial charge on any atom is 0.512 e. The Morgan fingerprint density at radius 3 is 2.84 bits per heavy atom. The molecule has 1 amide bonds. The van der Waals surface area contributed by atoms with Gasteiger partial charge in [0.15, 0.2) is 6.61 Å². The third-order valence-electron chi connectivity index (χ3n) is 4.84. The normalized spacial score (nSPS) is 16.0. The molecule has 31 heavy (non-hydrogen) atoms. The lowest BCUT2D eigenvalue weighted by Gasteiger charge is -2.33. The van der Waals surface area contributed by atoms with E-state index >= 15 is 0 Å². The Hall–Kier alpha value is -3.95. The molecular formula is C21H20N4O6. The van der Waals surface area contributed by atoms with Crippen LogP contribution in [-0.4, -0.2) is 50.3 Å². The Morgan fingerprint density at radius 2 is 2.03 bits per heavy atom. The molecule has 1 aromatic carbocycles. The number of ether oxygens (including phenoxy) is 2. The molecule has 1 aliphatic heterocycles. The Bertz CT molecular complexity index is 1050. The van der Waals surface area contributed by atoms with Gasteiger partial charge < -0.3 is 24.0 Å². The largest absolute Gasteiger partial charge is 0.512 e. The highest BCUT2D eigenvalue weighted by Gasteiger charge is 2.32. The number of pyridine rings is 1. The monoisotopic (exact) mass is 424 g/mol. The molecular weight excluding hydrogens is 404 g/mol. The van der Waals surface area contributed by atoms with Crippen LogP contribution < -0.4 is 9.47 Å². The fourth-order valence-electron chi connectivity index (χ4n) is 3.41. The van der Waals surface area contributed by atoms with E-state index in [9.17, 15) is 9.59 Å². The molecule has 0 bridgehead atoms. The molecule has 1 saturated heterocycles. The fraction of sp³-hybridized carbons (Fsp3) is 0.286. The van der Waals surface area contributed by atoms with Crippen molar-refractivity contribution in [1.82, 2.24) is 20.0 Å². The van der Waals surface area contributed by atoms with E-state index in [2.05, 4.69) is 19.9 Å². The summed E-state index contributed by atoms with van der Waals surface area (Å²) in [4.78, 5) is 33.5. The van der Waals surface area contributed by atoms with Crippen molar-refractivity contribution in [2.24, 2.45) is 0 Å². The lowest BCUT2D eigenvalue weighted by Crippen LogP contribution is -2.41. The summed E-state index contributed by atoms with van der Waals surface area (Å²) >= 11 is 0. The number of amides is 1. The first-order valence-electron chi connectivity index (χ1n) is 9.78. The van der Waals surface area contributed by atoms with Gasteiger partial charge in [0.1, 0.15) is 11.8 Å². The number of benzene rings is 1. The van der Waals surface area contributed by atoms with Crippen molar-refractivity contribution < 1.29 is 28.7 Å². The molecule has 0 spiro atoms. The van der Waals surface area contributed by atoms with Gasteiger partial charge in [0.2, 0.25) is 17.6 Å². The van der Waals surface area contributed by atoms with E-state index in [-0.39, 0.29) is 30.3 Å². The van der Waals surface area contributed by atoms with Crippen LogP contribution in [0.1, 0.15) is 31.2 Å². The maximum atomic E-state index is 12.8. The highest BCUT2D eigenvalue weighted by atomic mass is 16.7. The minimum Gasteiger partial charge on any atom is -0.484 e. The summed E-state index contributed by atoms with van der Waals surface area (Å²) in [5, 5.41) is 12.7. The van der Waals surface area contributed by atoms with Gasteiger partial charge in [-0.05, 0) is 37.5 Å². The summed E-state index contributed by atoms with van der Waals surface area (Å²) in [6.07, 6.45) is 2.43. The summed E-state index contributed by atoms with van der Waals surface area (Å²) in [6, 6.07) is 11.8. The van der Waals surface area contributed by atoms with Gasteiger partial charge in [0.05, 0.1) is 0 Å². The van der Waals surface area contributed by atoms with Gasteiger partial charge in [0, 0.05) is 24.4 Å². The molecule has 1 atom stereocenters. The third kappa shape index (κ3) is 4.97. The number of hydrogen-bond donors (Lipinski definition) is 1. The molecule has 4 rings (SSSR count). The van der Waals surface area contributed by atoms with Crippen LogP contribution in [0, 0.1) is 0 Å². The molecule has 0 radical (unpaired) electrons. The molecule has 160 valence electrons. The predicted octanol–water partition coefficient (Wildman–Crippen LogP) is 3.32. The van der Waals surface area contributed by atoms with Crippen LogP contribution in [-0.2, 0) is 4.79 Å². The van der Waals surface area contributed by atoms with E-state index in [1.807, 2.05) is 18.2 Å². The topological polar surface area (TPSA) is 128 Å². The van der Waals surface area contributed by atoms with Gasteiger partial charge in [-0.1, -0.05) is 23.4 Å². The van der Waals surface area contributed by atoms with E-state index in [0.29, 0.717) is 30.2 Å². The SMILES string of the molecule is O=C(O)Oc1cc(-c2noc([C@H]3CCCCN3C(=O)COc3ccccc3)n2)ccn1. The average molecular weight is 424 g/mol. The summed E-state index contributed by atoms with van der Waals surface area (Å²) in [5.41, 5.74) is 0.488. The quantitative estimate of drug-likeness (QED) is 0.593. The fourth-order valence-corrected chi connectivity index (χ4v) is 3.41. The van der Waals surface area contributed by atoms with E-state index in [0.717, 1.165) is 12.8 Å². The van der Waals surface area contributed by atoms with Crippen LogP contribution in [0.2, 0.25) is 0 Å². The van der Waals surface area contributed by atoms with E-state index in [1.165, 1.54) is 12.3 Å². The zero-order valence-electron chi connectivity index (χ0n) is 16.5. The molecule has 10 heteroatoms. The average Bonchev–Trinajstić information content (AvgIpc) is 3.28. The van der Waals surface area contributed by atoms with Crippen LogP contribution in [0.5, 0.6) is 11.6 Å². The first kappa shape index (κ1) is 20.3. The number of nitrogens with zero attached hydrogens (tertiary/aromatic N) is 4. The van der Waals surface area contributed by atoms with Gasteiger partial charge in [-0.3, -0.25) is 4.79 Å². The van der Waals surface area contributed by atoms with Gasteiger partial charge in [-0.15, -0.1) is 0 Å². The summed E-state index contributed by atoms with van der Waals surface area (Å²) in [6.45, 7) is 0.493. The number of hydrogen-bond acceptors (Lipinski definition) is 8. The van der Waals surface area contributed by atoms with Crippen LogP contribution in [0.4, 0.5) is 4.79 Å². The van der Waals surface area contributed by atoms with Crippen LogP contribution in [0.3, 0.4) is 0 Å². The van der Waals surface area contributed by atoms with Crippen molar-refractivity contribution in [3.05, 3.63) is 54.6 Å². The summed E-state index contributed by atoms with van der Waals surface area (Å²) in [5.74, 6) is 0.950. The standard InChI is InChI=1S/C21H20N4O6/c26-18(13-29-15-6-2-1-3-7-15)25-11-5-4-8-16(25)20-23-19(24-31-20)14-9-10-22-17(12-14)30-21(27)28/h1-3,6-7,9-10,12,16H,4-5,8,11,13H2,(H,27,28)/t16-/m1/s1. The van der Waals surface area contributed by atoms with Gasteiger partial charge in [-0.25, -0.2) is 9.78 Å². The molecule has 1 fully saturated rings. The summed E-state index contributed by atoms with van der Waals surface area (Å²) < 4.78 is 15.6. The minimum atomic E-state index is -1.47. The second-order valence-corrected chi connectivity index (χ2v) is 6.91. The molecule has 2 aromatic heterocycles. The number of carbonyl (C=O) groups excluding carboxylic acids is 1. The van der Waals surface area contributed by atoms with Crippen molar-refractivity contribution in [1.29, 1.82) is 0 Å². The Kier molecular flexibility index (Phi) is 6.06. The molecule has 0 aliphatic carbocycles. The number of rotatable bonds is 6. The molecule has 10 nitrogen and oxygen atoms in total. The number of piperidine rings is 1. The van der Waals surface area contributed by atoms with Gasteiger partial charge >= 0.3 is 6.16 Å². The van der Waals surface area contributed by atoms with E-state index in [4.69, 9.17) is 14.4 Å². The highest BCUT2D eigenvalue weighted by Crippen LogP contribution is 2.31. The molecule has 1 N–H and O–H groups in total. The molecule has 3 heterocycles. The lowest BCUT2D eigenvalue weighted by molar-refractivity contribution is -0.138. The number of carbonyl (C=O) groups is 2. The molecule has 0 unspecified atom stereocenters. The van der Waals surface area contributed by atoms with Crippen LogP contribution in [0.25, 0.3) is 11.4 Å². The highest BCUT2D eigenvalue weighted by molar-refractivity contribution is 5.78. The summed E-state index contributed by atoms with van der Waals surface area (Å²) in [7, 11) is 0. The first-order chi connectivity index (χ1) is 15.1. The third-order valence-corrected chi connectivity index (χ3v) is 4.84. The minimum absolute atomic E-state index is 0.0816. The van der Waals surface area contributed by atoms with Crippen molar-refractivity contribution >= 4 is 12.1 Å². The second-order valence-electron chi connectivity index (χ2n) is 6.91. The van der Waals surface area contributed by atoms with Crippen LogP contribution >= 0.6 is 0 Å². The Labute approximate surface area is 177 Å². The zero-order chi connectivity index (χ0) is 21.6. The zero-order valence-corrected chi connectivity index (χ0v) is 16.5. The second kappa shape index (κ2) is 9.24. The van der Waals surface area contributed by atoms with Crippen molar-refractivity contribution in [2.75, 3.05) is 13.2 Å². The predicted molar refractivity (Wildman–Crippen MR) is 106 cm³/mol.